The molecule has 0 spiro atoms. The lowest BCUT2D eigenvalue weighted by Gasteiger charge is -2.24. The molecule has 0 saturated carbocycles. The minimum absolute atomic E-state index is 0.188. The zero-order valence-corrected chi connectivity index (χ0v) is 15.5. The molecule has 1 amide bonds. The number of aryl methyl sites for hydroxylation is 1. The van der Waals surface area contributed by atoms with Crippen molar-refractivity contribution in [1.82, 2.24) is 25.1 Å². The van der Waals surface area contributed by atoms with Crippen LogP contribution < -0.4 is 10.2 Å². The highest BCUT2D eigenvalue weighted by Crippen LogP contribution is 2.24. The number of carbonyl (C=O) groups is 1. The summed E-state index contributed by atoms with van der Waals surface area (Å²) >= 11 is 0. The molecule has 1 aliphatic heterocycles. The van der Waals surface area contributed by atoms with E-state index >= 15 is 0 Å². The van der Waals surface area contributed by atoms with Gasteiger partial charge in [-0.2, -0.15) is 5.10 Å². The van der Waals surface area contributed by atoms with Gasteiger partial charge in [0.15, 0.2) is 0 Å². The predicted octanol–water partition coefficient (Wildman–Crippen LogP) is 0.780. The summed E-state index contributed by atoms with van der Waals surface area (Å²) < 4.78 is 1.59. The number of aromatic nitrogens is 4. The third kappa shape index (κ3) is 4.19. The smallest absolute Gasteiger partial charge is 0.269 e. The number of rotatable bonds is 6. The monoisotopic (exact) mass is 358 g/mol. The summed E-state index contributed by atoms with van der Waals surface area (Å²) in [5.74, 6) is 0.994. The number of β-amino-alcohol motifs (C(OH)–C–C–N with tert-alkyl or cyclic N) is 1. The second-order valence-electron chi connectivity index (χ2n) is 7.38. The van der Waals surface area contributed by atoms with Crippen LogP contribution in [-0.2, 0) is 13.5 Å². The number of anilines is 1. The van der Waals surface area contributed by atoms with E-state index < -0.39 is 5.60 Å². The second-order valence-corrected chi connectivity index (χ2v) is 7.38. The molecule has 0 bridgehead atoms. The van der Waals surface area contributed by atoms with Gasteiger partial charge in [-0.1, -0.05) is 13.8 Å². The van der Waals surface area contributed by atoms with E-state index in [2.05, 4.69) is 34.2 Å². The molecule has 2 N–H and O–H groups in total. The normalized spacial score (nSPS) is 20.0. The first-order valence-electron chi connectivity index (χ1n) is 8.91. The van der Waals surface area contributed by atoms with Crippen LogP contribution in [0.1, 0.15) is 36.5 Å². The zero-order chi connectivity index (χ0) is 18.7. The Bertz CT molecular complexity index is 760. The van der Waals surface area contributed by atoms with Gasteiger partial charge in [0.1, 0.15) is 17.1 Å². The quantitative estimate of drug-likeness (QED) is 0.792. The van der Waals surface area contributed by atoms with E-state index in [0.717, 1.165) is 17.9 Å². The molecule has 26 heavy (non-hydrogen) atoms. The molecule has 0 radical (unpaired) electrons. The molecular weight excluding hydrogens is 332 g/mol. The van der Waals surface area contributed by atoms with Crippen LogP contribution in [0.4, 0.5) is 5.82 Å². The first kappa shape index (κ1) is 18.3. The summed E-state index contributed by atoms with van der Waals surface area (Å²) in [5, 5.41) is 18.0. The van der Waals surface area contributed by atoms with Crippen molar-refractivity contribution < 1.29 is 9.90 Å². The standard InChI is InChI=1S/C18H26N6O2/c1-13(2)8-14-9-15(23(3)22-14)17(25)21-11-18(26)4-7-24(12-18)16-10-19-5-6-20-16/h5-6,9-10,13,26H,4,7-8,11-12H2,1-3H3,(H,21,25)/t18-/m0/s1. The molecule has 1 saturated heterocycles. The molecule has 1 atom stereocenters. The lowest BCUT2D eigenvalue weighted by molar-refractivity contribution is 0.0572. The van der Waals surface area contributed by atoms with Crippen molar-refractivity contribution in [3.8, 4) is 0 Å². The fraction of sp³-hybridized carbons (Fsp3) is 0.556. The van der Waals surface area contributed by atoms with Crippen LogP contribution in [0.25, 0.3) is 0 Å². The van der Waals surface area contributed by atoms with Crippen molar-refractivity contribution in [2.45, 2.75) is 32.3 Å². The number of nitrogens with zero attached hydrogens (tertiary/aromatic N) is 5. The molecule has 140 valence electrons. The van der Waals surface area contributed by atoms with Gasteiger partial charge in [-0.25, -0.2) is 4.98 Å². The predicted molar refractivity (Wildman–Crippen MR) is 97.9 cm³/mol. The highest BCUT2D eigenvalue weighted by molar-refractivity contribution is 5.92. The Morgan fingerprint density at radius 1 is 1.42 bits per heavy atom. The molecule has 3 heterocycles. The number of nitrogens with one attached hydrogen (secondary N) is 1. The Kier molecular flexibility index (Phi) is 5.22. The topological polar surface area (TPSA) is 96.2 Å². The maximum atomic E-state index is 12.5. The van der Waals surface area contributed by atoms with Crippen LogP contribution in [0, 0.1) is 5.92 Å². The van der Waals surface area contributed by atoms with Crippen LogP contribution in [0.3, 0.4) is 0 Å². The van der Waals surface area contributed by atoms with Gasteiger partial charge in [0, 0.05) is 39.1 Å². The van der Waals surface area contributed by atoms with E-state index in [-0.39, 0.29) is 12.5 Å². The van der Waals surface area contributed by atoms with Crippen molar-refractivity contribution in [3.05, 3.63) is 36.0 Å². The summed E-state index contributed by atoms with van der Waals surface area (Å²) in [4.78, 5) is 22.8. The van der Waals surface area contributed by atoms with Crippen molar-refractivity contribution >= 4 is 11.7 Å². The van der Waals surface area contributed by atoms with Gasteiger partial charge in [-0.05, 0) is 24.8 Å². The number of hydrogen-bond donors (Lipinski definition) is 2. The van der Waals surface area contributed by atoms with Crippen molar-refractivity contribution in [2.24, 2.45) is 13.0 Å². The Morgan fingerprint density at radius 3 is 2.92 bits per heavy atom. The van der Waals surface area contributed by atoms with Gasteiger partial charge in [-0.3, -0.25) is 14.5 Å². The molecule has 0 aromatic carbocycles. The molecule has 2 aromatic rings. The third-order valence-corrected chi connectivity index (χ3v) is 4.56. The van der Waals surface area contributed by atoms with Crippen LogP contribution >= 0.6 is 0 Å². The Labute approximate surface area is 153 Å². The van der Waals surface area contributed by atoms with Crippen LogP contribution in [0.2, 0.25) is 0 Å². The van der Waals surface area contributed by atoms with E-state index in [0.29, 0.717) is 31.1 Å². The average molecular weight is 358 g/mol. The van der Waals surface area contributed by atoms with E-state index in [1.54, 1.807) is 30.3 Å². The number of carbonyl (C=O) groups excluding carboxylic acids is 1. The molecule has 1 fully saturated rings. The molecule has 3 rings (SSSR count). The van der Waals surface area contributed by atoms with Crippen molar-refractivity contribution in [3.63, 3.8) is 0 Å². The maximum absolute atomic E-state index is 12.5. The average Bonchev–Trinajstić information content (AvgIpc) is 3.17. The minimum Gasteiger partial charge on any atom is -0.386 e. The molecule has 8 heteroatoms. The highest BCUT2D eigenvalue weighted by atomic mass is 16.3. The maximum Gasteiger partial charge on any atom is 0.269 e. The lowest BCUT2D eigenvalue weighted by atomic mass is 10.0. The first-order chi connectivity index (χ1) is 12.4. The van der Waals surface area contributed by atoms with Gasteiger partial charge in [0.05, 0.1) is 11.9 Å². The van der Waals surface area contributed by atoms with Crippen LogP contribution in [0.15, 0.2) is 24.7 Å². The van der Waals surface area contributed by atoms with Crippen LogP contribution in [-0.4, -0.2) is 56.0 Å². The molecular formula is C18H26N6O2. The fourth-order valence-electron chi connectivity index (χ4n) is 3.24. The SMILES string of the molecule is CC(C)Cc1cc(C(=O)NC[C@@]2(O)CCN(c3cnccn3)C2)n(C)n1. The summed E-state index contributed by atoms with van der Waals surface area (Å²) in [6.07, 6.45) is 6.32. The van der Waals surface area contributed by atoms with Gasteiger partial charge < -0.3 is 15.3 Å². The fourth-order valence-corrected chi connectivity index (χ4v) is 3.24. The highest BCUT2D eigenvalue weighted by Gasteiger charge is 2.37. The van der Waals surface area contributed by atoms with E-state index in [4.69, 9.17) is 0 Å². The summed E-state index contributed by atoms with van der Waals surface area (Å²) in [6.45, 7) is 5.51. The Hall–Kier alpha value is -2.48. The second kappa shape index (κ2) is 7.41. The molecule has 0 aliphatic carbocycles. The van der Waals surface area contributed by atoms with Crippen molar-refractivity contribution in [2.75, 3.05) is 24.5 Å². The summed E-state index contributed by atoms with van der Waals surface area (Å²) in [5.41, 5.74) is 0.432. The molecule has 1 aliphatic rings. The summed E-state index contributed by atoms with van der Waals surface area (Å²) in [6, 6.07) is 1.82. The Morgan fingerprint density at radius 2 is 2.23 bits per heavy atom. The number of hydrogen-bond acceptors (Lipinski definition) is 6. The molecule has 8 nitrogen and oxygen atoms in total. The number of aliphatic hydroxyl groups is 1. The molecule has 2 aromatic heterocycles. The van der Waals surface area contributed by atoms with E-state index in [1.165, 1.54) is 0 Å². The third-order valence-electron chi connectivity index (χ3n) is 4.56. The van der Waals surface area contributed by atoms with E-state index in [1.807, 2.05) is 11.0 Å². The van der Waals surface area contributed by atoms with Crippen LogP contribution in [0.5, 0.6) is 0 Å². The van der Waals surface area contributed by atoms with Crippen molar-refractivity contribution in [1.29, 1.82) is 0 Å². The van der Waals surface area contributed by atoms with Gasteiger partial charge >= 0.3 is 0 Å². The van der Waals surface area contributed by atoms with Gasteiger partial charge in [0.2, 0.25) is 0 Å². The lowest BCUT2D eigenvalue weighted by Crippen LogP contribution is -2.45. The zero-order valence-electron chi connectivity index (χ0n) is 15.5. The van der Waals surface area contributed by atoms with Gasteiger partial charge in [-0.15, -0.1) is 0 Å². The minimum atomic E-state index is -0.980. The molecule has 0 unspecified atom stereocenters. The Balaban J connectivity index is 1.58. The number of amides is 1. The van der Waals surface area contributed by atoms with Gasteiger partial charge in [0.25, 0.3) is 5.91 Å². The van der Waals surface area contributed by atoms with E-state index in [9.17, 15) is 9.90 Å². The first-order valence-corrected chi connectivity index (χ1v) is 8.91. The largest absolute Gasteiger partial charge is 0.386 e. The summed E-state index contributed by atoms with van der Waals surface area (Å²) in [7, 11) is 1.76.